The van der Waals surface area contributed by atoms with Crippen molar-refractivity contribution in [3.8, 4) is 5.75 Å². The normalized spacial score (nSPS) is 10.3. The smallest absolute Gasteiger partial charge is 0.226 e. The molecule has 2 N–H and O–H groups in total. The van der Waals surface area contributed by atoms with Gasteiger partial charge in [0.15, 0.2) is 0 Å². The number of amides is 3. The number of carbonyl (C=O) groups is 3. The van der Waals surface area contributed by atoms with Crippen molar-refractivity contribution in [2.75, 3.05) is 25.6 Å². The van der Waals surface area contributed by atoms with Crippen LogP contribution in [0.2, 0.25) is 0 Å². The van der Waals surface area contributed by atoms with Gasteiger partial charge in [0.1, 0.15) is 5.75 Å². The van der Waals surface area contributed by atoms with Crippen LogP contribution in [0.5, 0.6) is 5.75 Å². The van der Waals surface area contributed by atoms with Gasteiger partial charge in [-0.05, 0) is 37.1 Å². The molecule has 0 saturated heterocycles. The van der Waals surface area contributed by atoms with Crippen LogP contribution in [0.15, 0.2) is 24.3 Å². The number of phenolic OH excluding ortho intramolecular Hbond substituents is 1. The summed E-state index contributed by atoms with van der Waals surface area (Å²) in [5.74, 6) is -0.165. The van der Waals surface area contributed by atoms with E-state index in [1.165, 1.54) is 17.0 Å². The highest BCUT2D eigenvalue weighted by atomic mass is 16.3. The van der Waals surface area contributed by atoms with E-state index in [0.29, 0.717) is 18.5 Å². The van der Waals surface area contributed by atoms with Gasteiger partial charge in [-0.25, -0.2) is 0 Å². The van der Waals surface area contributed by atoms with Crippen LogP contribution in [0.25, 0.3) is 0 Å². The molecule has 0 saturated carbocycles. The van der Waals surface area contributed by atoms with Gasteiger partial charge in [-0.15, -0.1) is 0 Å². The predicted octanol–water partition coefficient (Wildman–Crippen LogP) is 2.96. The quantitative estimate of drug-likeness (QED) is 0.458. The fourth-order valence-corrected chi connectivity index (χ4v) is 2.50. The molecule has 0 aliphatic carbocycles. The minimum atomic E-state index is -0.225. The largest absolute Gasteiger partial charge is 0.508 e. The highest BCUT2D eigenvalue weighted by molar-refractivity contribution is 5.91. The van der Waals surface area contributed by atoms with Crippen molar-refractivity contribution in [1.29, 1.82) is 0 Å². The summed E-state index contributed by atoms with van der Waals surface area (Å²) in [4.78, 5) is 39.7. The zero-order chi connectivity index (χ0) is 20.2. The molecular formula is C20H31N3O4. The molecule has 1 rings (SSSR count). The van der Waals surface area contributed by atoms with Gasteiger partial charge in [-0.1, -0.05) is 20.3 Å². The summed E-state index contributed by atoms with van der Waals surface area (Å²) in [5.41, 5.74) is 0.580. The topological polar surface area (TPSA) is 89.9 Å². The minimum Gasteiger partial charge on any atom is -0.508 e. The first-order valence-corrected chi connectivity index (χ1v) is 9.48. The van der Waals surface area contributed by atoms with Crippen molar-refractivity contribution in [3.05, 3.63) is 24.3 Å². The maximum Gasteiger partial charge on any atom is 0.226 e. The molecule has 27 heavy (non-hydrogen) atoms. The van der Waals surface area contributed by atoms with E-state index in [2.05, 4.69) is 5.32 Å². The number of unbranched alkanes of at least 4 members (excludes halogenated alkanes) is 1. The Morgan fingerprint density at radius 1 is 0.963 bits per heavy atom. The molecule has 3 amide bonds. The Hall–Kier alpha value is -2.57. The van der Waals surface area contributed by atoms with Crippen LogP contribution in [0.4, 0.5) is 5.69 Å². The van der Waals surface area contributed by atoms with Gasteiger partial charge in [0, 0.05) is 38.5 Å². The molecular weight excluding hydrogens is 346 g/mol. The zero-order valence-corrected chi connectivity index (χ0v) is 16.5. The van der Waals surface area contributed by atoms with Gasteiger partial charge in [-0.3, -0.25) is 14.4 Å². The average Bonchev–Trinajstić information content (AvgIpc) is 2.64. The SMILES string of the molecule is CCCCC(=O)N(CCC(=O)Nc1ccc(O)cc1)CN(C)C(=O)CCC. The monoisotopic (exact) mass is 377 g/mol. The number of phenols is 1. The second kappa shape index (κ2) is 11.9. The van der Waals surface area contributed by atoms with Crippen molar-refractivity contribution in [2.45, 2.75) is 52.4 Å². The van der Waals surface area contributed by atoms with Crippen LogP contribution in [0.1, 0.15) is 52.4 Å². The van der Waals surface area contributed by atoms with Crippen molar-refractivity contribution in [3.63, 3.8) is 0 Å². The van der Waals surface area contributed by atoms with Crippen LogP contribution in [0, 0.1) is 0 Å². The Kier molecular flexibility index (Phi) is 9.93. The van der Waals surface area contributed by atoms with E-state index < -0.39 is 0 Å². The van der Waals surface area contributed by atoms with Crippen molar-refractivity contribution >= 4 is 23.4 Å². The van der Waals surface area contributed by atoms with Crippen molar-refractivity contribution in [1.82, 2.24) is 9.80 Å². The van der Waals surface area contributed by atoms with Gasteiger partial charge in [0.05, 0.1) is 6.67 Å². The second-order valence-electron chi connectivity index (χ2n) is 6.59. The number of anilines is 1. The molecule has 0 aliphatic heterocycles. The van der Waals surface area contributed by atoms with Crippen molar-refractivity contribution in [2.24, 2.45) is 0 Å². The Labute approximate surface area is 161 Å². The molecule has 0 fully saturated rings. The van der Waals surface area contributed by atoms with Crippen LogP contribution < -0.4 is 5.32 Å². The second-order valence-corrected chi connectivity index (χ2v) is 6.59. The van der Waals surface area contributed by atoms with E-state index in [9.17, 15) is 19.5 Å². The summed E-state index contributed by atoms with van der Waals surface area (Å²) in [6, 6.07) is 6.19. The first kappa shape index (κ1) is 22.5. The Balaban J connectivity index is 2.63. The lowest BCUT2D eigenvalue weighted by Crippen LogP contribution is -2.43. The molecule has 0 unspecified atom stereocenters. The van der Waals surface area contributed by atoms with Gasteiger partial charge >= 0.3 is 0 Å². The first-order chi connectivity index (χ1) is 12.9. The summed E-state index contributed by atoms with van der Waals surface area (Å²) in [6.45, 7) is 4.38. The van der Waals surface area contributed by atoms with E-state index >= 15 is 0 Å². The summed E-state index contributed by atoms with van der Waals surface area (Å²) in [7, 11) is 1.68. The standard InChI is InChI=1S/C20H31N3O4/c1-4-6-8-20(27)23(15-22(3)19(26)7-5-2)14-13-18(25)21-16-9-11-17(24)12-10-16/h9-12,24H,4-8,13-15H2,1-3H3,(H,21,25). The molecule has 150 valence electrons. The van der Waals surface area contributed by atoms with E-state index in [4.69, 9.17) is 0 Å². The number of hydrogen-bond acceptors (Lipinski definition) is 4. The van der Waals surface area contributed by atoms with Gasteiger partial charge < -0.3 is 20.2 Å². The van der Waals surface area contributed by atoms with Crippen LogP contribution >= 0.6 is 0 Å². The summed E-state index contributed by atoms with van der Waals surface area (Å²) in [6.07, 6.45) is 3.42. The fraction of sp³-hybridized carbons (Fsp3) is 0.550. The van der Waals surface area contributed by atoms with Crippen LogP contribution in [-0.2, 0) is 14.4 Å². The van der Waals surface area contributed by atoms with E-state index in [-0.39, 0.29) is 43.1 Å². The molecule has 0 aliphatic rings. The molecule has 0 spiro atoms. The zero-order valence-electron chi connectivity index (χ0n) is 16.5. The van der Waals surface area contributed by atoms with Crippen LogP contribution in [0.3, 0.4) is 0 Å². The number of hydrogen-bond donors (Lipinski definition) is 2. The third-order valence-corrected chi connectivity index (χ3v) is 4.13. The van der Waals surface area contributed by atoms with Gasteiger partial charge in [-0.2, -0.15) is 0 Å². The number of rotatable bonds is 11. The number of carbonyl (C=O) groups excluding carboxylic acids is 3. The molecule has 1 aromatic carbocycles. The lowest BCUT2D eigenvalue weighted by atomic mass is 10.2. The molecule has 1 aromatic rings. The molecule has 0 heterocycles. The lowest BCUT2D eigenvalue weighted by molar-refractivity contribution is -0.138. The third kappa shape index (κ3) is 8.57. The number of nitrogens with zero attached hydrogens (tertiary/aromatic N) is 2. The Bertz CT molecular complexity index is 616. The Morgan fingerprint density at radius 2 is 1.63 bits per heavy atom. The molecule has 0 aromatic heterocycles. The van der Waals surface area contributed by atoms with Gasteiger partial charge in [0.2, 0.25) is 17.7 Å². The highest BCUT2D eigenvalue weighted by Crippen LogP contribution is 2.14. The van der Waals surface area contributed by atoms with Crippen LogP contribution in [-0.4, -0.2) is 52.9 Å². The minimum absolute atomic E-state index is 0.0145. The van der Waals surface area contributed by atoms with E-state index in [0.717, 1.165) is 19.3 Å². The van der Waals surface area contributed by atoms with Gasteiger partial charge in [0.25, 0.3) is 0 Å². The summed E-state index contributed by atoms with van der Waals surface area (Å²) >= 11 is 0. The van der Waals surface area contributed by atoms with Crippen molar-refractivity contribution < 1.29 is 19.5 Å². The highest BCUT2D eigenvalue weighted by Gasteiger charge is 2.18. The van der Waals surface area contributed by atoms with E-state index in [1.54, 1.807) is 24.1 Å². The lowest BCUT2D eigenvalue weighted by Gasteiger charge is -2.28. The Morgan fingerprint density at radius 3 is 2.22 bits per heavy atom. The fourth-order valence-electron chi connectivity index (χ4n) is 2.50. The maximum absolute atomic E-state index is 12.5. The third-order valence-electron chi connectivity index (χ3n) is 4.13. The molecule has 7 heteroatoms. The predicted molar refractivity (Wildman–Crippen MR) is 105 cm³/mol. The molecule has 7 nitrogen and oxygen atoms in total. The average molecular weight is 377 g/mol. The first-order valence-electron chi connectivity index (χ1n) is 9.48. The number of nitrogens with one attached hydrogen (secondary N) is 1. The number of aromatic hydroxyl groups is 1. The molecule has 0 radical (unpaired) electrons. The number of benzene rings is 1. The summed E-state index contributed by atoms with van der Waals surface area (Å²) in [5, 5.41) is 12.0. The molecule has 0 bridgehead atoms. The summed E-state index contributed by atoms with van der Waals surface area (Å²) < 4.78 is 0. The maximum atomic E-state index is 12.5. The molecule has 0 atom stereocenters. The van der Waals surface area contributed by atoms with E-state index in [1.807, 2.05) is 13.8 Å².